The molecular weight excluding hydrogens is 335 g/mol. The Morgan fingerprint density at radius 3 is 2.05 bits per heavy atom. The lowest BCUT2D eigenvalue weighted by molar-refractivity contribution is -0.141. The first kappa shape index (κ1) is 23.2. The van der Waals surface area contributed by atoms with Crippen LogP contribution in [0.4, 0.5) is 0 Å². The summed E-state index contributed by atoms with van der Waals surface area (Å²) in [7, 11) is 0. The van der Waals surface area contributed by atoms with Gasteiger partial charge in [-0.15, -0.1) is 23.2 Å². The van der Waals surface area contributed by atoms with Crippen LogP contribution >= 0.6 is 23.2 Å². The van der Waals surface area contributed by atoms with Crippen molar-refractivity contribution in [2.24, 2.45) is 0 Å². The van der Waals surface area contributed by atoms with Crippen LogP contribution in [0.15, 0.2) is 23.8 Å². The SMILES string of the molecule is C=C(C)C(=O)OCC(O)CCl.CC(=CCC(O)CCl)C(=O)O. The fourth-order valence-corrected chi connectivity index (χ4v) is 1.02. The van der Waals surface area contributed by atoms with Gasteiger partial charge in [-0.25, -0.2) is 9.59 Å². The van der Waals surface area contributed by atoms with E-state index in [1.807, 2.05) is 0 Å². The largest absolute Gasteiger partial charge is 0.478 e. The van der Waals surface area contributed by atoms with Crippen molar-refractivity contribution in [2.45, 2.75) is 32.5 Å². The minimum absolute atomic E-state index is 0.0590. The van der Waals surface area contributed by atoms with E-state index in [2.05, 4.69) is 11.3 Å². The molecule has 0 aromatic heterocycles. The third kappa shape index (κ3) is 13.9. The third-order valence-electron chi connectivity index (χ3n) is 2.14. The normalized spacial score (nSPS) is 13.5. The number of alkyl halides is 2. The van der Waals surface area contributed by atoms with Gasteiger partial charge in [-0.1, -0.05) is 12.7 Å². The van der Waals surface area contributed by atoms with Crippen molar-refractivity contribution in [2.75, 3.05) is 18.4 Å². The van der Waals surface area contributed by atoms with Gasteiger partial charge in [-0.05, 0) is 20.3 Å². The van der Waals surface area contributed by atoms with Crippen LogP contribution in [-0.4, -0.2) is 57.8 Å². The van der Waals surface area contributed by atoms with Gasteiger partial charge in [0.1, 0.15) is 12.7 Å². The number of aliphatic hydroxyl groups is 2. The number of aliphatic carboxylic acids is 1. The number of esters is 1. The summed E-state index contributed by atoms with van der Waals surface area (Å²) < 4.78 is 4.58. The number of carbonyl (C=O) groups is 2. The second kappa shape index (κ2) is 13.6. The van der Waals surface area contributed by atoms with Crippen molar-refractivity contribution in [3.05, 3.63) is 23.8 Å². The zero-order valence-corrected chi connectivity index (χ0v) is 14.1. The van der Waals surface area contributed by atoms with Gasteiger partial charge in [0.2, 0.25) is 0 Å². The monoisotopic (exact) mass is 356 g/mol. The van der Waals surface area contributed by atoms with Gasteiger partial charge < -0.3 is 20.1 Å². The maximum absolute atomic E-state index is 10.7. The maximum Gasteiger partial charge on any atom is 0.333 e. The molecule has 128 valence electrons. The minimum atomic E-state index is -0.966. The molecule has 0 heterocycles. The number of rotatable bonds is 8. The first-order chi connectivity index (χ1) is 10.1. The Hall–Kier alpha value is -1.08. The van der Waals surface area contributed by atoms with Gasteiger partial charge in [0, 0.05) is 17.0 Å². The molecule has 0 saturated heterocycles. The Morgan fingerprint density at radius 1 is 1.18 bits per heavy atom. The van der Waals surface area contributed by atoms with Gasteiger partial charge in [-0.3, -0.25) is 0 Å². The predicted octanol–water partition coefficient (Wildman–Crippen LogP) is 1.71. The molecule has 3 N–H and O–H groups in total. The predicted molar refractivity (Wildman–Crippen MR) is 85.2 cm³/mol. The van der Waals surface area contributed by atoms with Crippen molar-refractivity contribution >= 4 is 35.1 Å². The Morgan fingerprint density at radius 2 is 1.68 bits per heavy atom. The number of carbonyl (C=O) groups excluding carboxylic acids is 1. The lowest BCUT2D eigenvalue weighted by Crippen LogP contribution is -2.19. The molecule has 0 spiro atoms. The molecule has 0 amide bonds. The molecule has 0 aromatic rings. The van der Waals surface area contributed by atoms with Crippen LogP contribution in [0.2, 0.25) is 0 Å². The van der Waals surface area contributed by atoms with E-state index in [1.165, 1.54) is 19.9 Å². The first-order valence-electron chi connectivity index (χ1n) is 6.36. The van der Waals surface area contributed by atoms with E-state index >= 15 is 0 Å². The Balaban J connectivity index is 0. The molecule has 22 heavy (non-hydrogen) atoms. The van der Waals surface area contributed by atoms with Gasteiger partial charge in [0.15, 0.2) is 0 Å². The molecule has 0 saturated carbocycles. The van der Waals surface area contributed by atoms with E-state index in [1.54, 1.807) is 0 Å². The fourth-order valence-electron chi connectivity index (χ4n) is 0.803. The van der Waals surface area contributed by atoms with Crippen molar-refractivity contribution in [1.29, 1.82) is 0 Å². The summed E-state index contributed by atoms with van der Waals surface area (Å²) >= 11 is 10.5. The topological polar surface area (TPSA) is 104 Å². The van der Waals surface area contributed by atoms with Crippen LogP contribution in [0.3, 0.4) is 0 Å². The zero-order chi connectivity index (χ0) is 17.7. The van der Waals surface area contributed by atoms with Crippen LogP contribution in [0.1, 0.15) is 20.3 Å². The molecule has 8 heteroatoms. The lowest BCUT2D eigenvalue weighted by atomic mass is 10.2. The van der Waals surface area contributed by atoms with E-state index in [9.17, 15) is 9.59 Å². The molecule has 2 unspecified atom stereocenters. The number of ether oxygens (including phenoxy) is 1. The summed E-state index contributed by atoms with van der Waals surface area (Å²) in [6.45, 7) is 6.31. The van der Waals surface area contributed by atoms with E-state index in [0.29, 0.717) is 12.0 Å². The Bertz CT molecular complexity index is 395. The molecule has 0 aliphatic rings. The Kier molecular flexibility index (Phi) is 14.3. The quantitative estimate of drug-likeness (QED) is 0.347. The fraction of sp³-hybridized carbons (Fsp3) is 0.571. The molecule has 0 rings (SSSR count). The standard InChI is InChI=1S/2C7H11ClO3/c1-5(2)7(10)11-4-6(9)3-8;1-5(7(10)11)2-3-6(9)4-8/h6,9H,1,3-4H2,2H3;2,6,9H,3-4H2,1H3,(H,10,11). The minimum Gasteiger partial charge on any atom is -0.478 e. The van der Waals surface area contributed by atoms with Gasteiger partial charge in [-0.2, -0.15) is 0 Å². The van der Waals surface area contributed by atoms with Gasteiger partial charge in [0.05, 0.1) is 12.0 Å². The molecular formula is C14H22Cl2O6. The van der Waals surface area contributed by atoms with Gasteiger partial charge in [0.25, 0.3) is 0 Å². The highest BCUT2D eigenvalue weighted by atomic mass is 35.5. The summed E-state index contributed by atoms with van der Waals surface area (Å²) in [5.74, 6) is -1.28. The van der Waals surface area contributed by atoms with E-state index in [-0.39, 0.29) is 23.9 Å². The number of halogens is 2. The molecule has 0 radical (unpaired) electrons. The van der Waals surface area contributed by atoms with Crippen molar-refractivity contribution in [3.63, 3.8) is 0 Å². The molecule has 0 fully saturated rings. The van der Waals surface area contributed by atoms with E-state index in [4.69, 9.17) is 38.5 Å². The summed E-state index contributed by atoms with van der Waals surface area (Å²) in [5.41, 5.74) is 0.543. The molecule has 0 aromatic carbocycles. The summed E-state index contributed by atoms with van der Waals surface area (Å²) in [5, 5.41) is 26.2. The zero-order valence-electron chi connectivity index (χ0n) is 12.6. The van der Waals surface area contributed by atoms with E-state index < -0.39 is 24.1 Å². The molecule has 2 atom stereocenters. The average molecular weight is 357 g/mol. The van der Waals surface area contributed by atoms with Crippen LogP contribution in [0.5, 0.6) is 0 Å². The smallest absolute Gasteiger partial charge is 0.333 e. The first-order valence-corrected chi connectivity index (χ1v) is 7.43. The third-order valence-corrected chi connectivity index (χ3v) is 2.86. The molecule has 6 nitrogen and oxygen atoms in total. The summed E-state index contributed by atoms with van der Waals surface area (Å²) in [6, 6.07) is 0. The second-order valence-corrected chi connectivity index (χ2v) is 5.04. The van der Waals surface area contributed by atoms with Crippen LogP contribution in [0.25, 0.3) is 0 Å². The molecule has 0 aliphatic carbocycles. The van der Waals surface area contributed by atoms with Crippen LogP contribution in [0, 0.1) is 0 Å². The van der Waals surface area contributed by atoms with E-state index in [0.717, 1.165) is 0 Å². The second-order valence-electron chi connectivity index (χ2n) is 4.42. The highest BCUT2D eigenvalue weighted by molar-refractivity contribution is 6.18. The Labute approximate surface area is 140 Å². The number of carboxylic acids is 1. The number of hydrogen-bond acceptors (Lipinski definition) is 5. The number of hydrogen-bond donors (Lipinski definition) is 3. The van der Waals surface area contributed by atoms with Gasteiger partial charge >= 0.3 is 11.9 Å². The lowest BCUT2D eigenvalue weighted by Gasteiger charge is -2.07. The van der Waals surface area contributed by atoms with Crippen LogP contribution < -0.4 is 0 Å². The highest BCUT2D eigenvalue weighted by Gasteiger charge is 2.07. The maximum atomic E-state index is 10.7. The van der Waals surface area contributed by atoms with Crippen molar-refractivity contribution in [1.82, 2.24) is 0 Å². The summed E-state index contributed by atoms with van der Waals surface area (Å²) in [6.07, 6.45) is 0.308. The highest BCUT2D eigenvalue weighted by Crippen LogP contribution is 2.00. The average Bonchev–Trinajstić information content (AvgIpc) is 2.49. The molecule has 0 bridgehead atoms. The number of carboxylic acid groups (broad SMARTS) is 1. The molecule has 0 aliphatic heterocycles. The van der Waals surface area contributed by atoms with Crippen LogP contribution in [-0.2, 0) is 14.3 Å². The van der Waals surface area contributed by atoms with Crippen molar-refractivity contribution < 1.29 is 29.6 Å². The number of aliphatic hydroxyl groups excluding tert-OH is 2. The summed E-state index contributed by atoms with van der Waals surface area (Å²) in [4.78, 5) is 20.9. The van der Waals surface area contributed by atoms with Crippen molar-refractivity contribution in [3.8, 4) is 0 Å².